The molecule has 0 aliphatic heterocycles. The number of nitrogens with zero attached hydrogens (tertiary/aromatic N) is 2. The second-order valence-corrected chi connectivity index (χ2v) is 3.65. The maximum Gasteiger partial charge on any atom is 0.257 e. The van der Waals surface area contributed by atoms with E-state index in [4.69, 9.17) is 4.52 Å². The van der Waals surface area contributed by atoms with Crippen molar-refractivity contribution in [2.24, 2.45) is 0 Å². The highest BCUT2D eigenvalue weighted by Crippen LogP contribution is 2.22. The van der Waals surface area contributed by atoms with Crippen molar-refractivity contribution in [2.75, 3.05) is 0 Å². The Kier molecular flexibility index (Phi) is 1.99. The Hall–Kier alpha value is -2.10. The largest absolute Gasteiger partial charge is 0.361 e. The summed E-state index contributed by atoms with van der Waals surface area (Å²) in [4.78, 5) is 7.46. The smallest absolute Gasteiger partial charge is 0.257 e. The summed E-state index contributed by atoms with van der Waals surface area (Å²) < 4.78 is 5.19. The van der Waals surface area contributed by atoms with Gasteiger partial charge in [-0.1, -0.05) is 18.1 Å². The van der Waals surface area contributed by atoms with E-state index in [1.54, 1.807) is 0 Å². The van der Waals surface area contributed by atoms with Gasteiger partial charge in [0.05, 0.1) is 0 Å². The molecule has 0 aliphatic carbocycles. The molecule has 0 saturated heterocycles. The molecule has 2 aromatic heterocycles. The van der Waals surface area contributed by atoms with Crippen LogP contribution < -0.4 is 0 Å². The summed E-state index contributed by atoms with van der Waals surface area (Å²) in [5.41, 5.74) is 2.02. The zero-order chi connectivity index (χ0) is 11.0. The van der Waals surface area contributed by atoms with Gasteiger partial charge in [-0.25, -0.2) is 0 Å². The van der Waals surface area contributed by atoms with E-state index < -0.39 is 0 Å². The molecule has 0 unspecified atom stereocenters. The Balaban J connectivity index is 2.10. The first kappa shape index (κ1) is 9.15. The third kappa shape index (κ3) is 1.39. The third-order valence-electron chi connectivity index (χ3n) is 2.59. The van der Waals surface area contributed by atoms with Crippen molar-refractivity contribution in [1.29, 1.82) is 0 Å². The first-order valence-electron chi connectivity index (χ1n) is 5.27. The Bertz CT molecular complexity index is 624. The zero-order valence-electron chi connectivity index (χ0n) is 8.90. The van der Waals surface area contributed by atoms with E-state index in [2.05, 4.69) is 15.1 Å². The number of nitrogens with one attached hydrogen (secondary N) is 1. The number of H-pyrrole nitrogens is 1. The Morgan fingerprint density at radius 3 is 3.06 bits per heavy atom. The van der Waals surface area contributed by atoms with E-state index in [9.17, 15) is 0 Å². The minimum atomic E-state index is 0.577. The molecule has 3 rings (SSSR count). The van der Waals surface area contributed by atoms with Crippen LogP contribution in [0.15, 0.2) is 35.0 Å². The highest BCUT2D eigenvalue weighted by atomic mass is 16.5. The van der Waals surface area contributed by atoms with Crippen molar-refractivity contribution in [1.82, 2.24) is 15.1 Å². The maximum atomic E-state index is 5.19. The molecule has 0 spiro atoms. The van der Waals surface area contributed by atoms with Gasteiger partial charge in [-0.15, -0.1) is 0 Å². The van der Waals surface area contributed by atoms with Crippen molar-refractivity contribution >= 4 is 10.9 Å². The van der Waals surface area contributed by atoms with E-state index >= 15 is 0 Å². The van der Waals surface area contributed by atoms with Crippen LogP contribution in [0.4, 0.5) is 0 Å². The van der Waals surface area contributed by atoms with Crippen molar-refractivity contribution in [3.8, 4) is 11.5 Å². The Morgan fingerprint density at radius 2 is 2.25 bits per heavy atom. The second kappa shape index (κ2) is 3.48. The molecule has 0 saturated carbocycles. The van der Waals surface area contributed by atoms with Gasteiger partial charge in [0.25, 0.3) is 5.89 Å². The first-order chi connectivity index (χ1) is 7.86. The summed E-state index contributed by atoms with van der Waals surface area (Å²) in [6, 6.07) is 8.08. The molecule has 0 radical (unpaired) electrons. The van der Waals surface area contributed by atoms with Crippen LogP contribution in [0.25, 0.3) is 22.4 Å². The van der Waals surface area contributed by atoms with Crippen molar-refractivity contribution in [2.45, 2.75) is 13.3 Å². The van der Waals surface area contributed by atoms with Gasteiger partial charge < -0.3 is 9.51 Å². The SMILES string of the molecule is CCc1noc(-c2ccc3cc[nH]c3c2)n1. The standard InChI is InChI=1S/C12H11N3O/c1-2-11-14-12(16-15-11)9-4-3-8-5-6-13-10(8)7-9/h3-7,13H,2H2,1H3. The molecule has 4 nitrogen and oxygen atoms in total. The van der Waals surface area contributed by atoms with Crippen LogP contribution in [-0.2, 0) is 6.42 Å². The van der Waals surface area contributed by atoms with Crippen molar-refractivity contribution in [3.05, 3.63) is 36.3 Å². The lowest BCUT2D eigenvalue weighted by atomic mass is 10.1. The van der Waals surface area contributed by atoms with Gasteiger partial charge in [-0.3, -0.25) is 0 Å². The zero-order valence-corrected chi connectivity index (χ0v) is 8.90. The number of hydrogen-bond donors (Lipinski definition) is 1. The highest BCUT2D eigenvalue weighted by molar-refractivity contribution is 5.83. The van der Waals surface area contributed by atoms with Crippen LogP contribution >= 0.6 is 0 Å². The predicted octanol–water partition coefficient (Wildman–Crippen LogP) is 2.78. The number of aromatic nitrogens is 3. The van der Waals surface area contributed by atoms with Gasteiger partial charge in [-0.05, 0) is 23.6 Å². The number of fused-ring (bicyclic) bond motifs is 1. The molecule has 1 N–H and O–H groups in total. The summed E-state index contributed by atoms with van der Waals surface area (Å²) in [6.45, 7) is 2.00. The van der Waals surface area contributed by atoms with Crippen LogP contribution in [0, 0.1) is 0 Å². The second-order valence-electron chi connectivity index (χ2n) is 3.65. The van der Waals surface area contributed by atoms with Gasteiger partial charge in [0.1, 0.15) is 0 Å². The fourth-order valence-corrected chi connectivity index (χ4v) is 1.70. The molecular formula is C12H11N3O. The Morgan fingerprint density at radius 1 is 1.31 bits per heavy atom. The molecule has 3 aromatic rings. The molecule has 80 valence electrons. The molecule has 0 amide bonds. The Labute approximate surface area is 92.3 Å². The number of benzene rings is 1. The normalized spacial score (nSPS) is 11.1. The van der Waals surface area contributed by atoms with Crippen LogP contribution in [-0.4, -0.2) is 15.1 Å². The molecule has 4 heteroatoms. The minimum Gasteiger partial charge on any atom is -0.361 e. The van der Waals surface area contributed by atoms with E-state index in [-0.39, 0.29) is 0 Å². The van der Waals surface area contributed by atoms with Gasteiger partial charge in [-0.2, -0.15) is 4.98 Å². The predicted molar refractivity (Wildman–Crippen MR) is 61.0 cm³/mol. The molecule has 2 heterocycles. The van der Waals surface area contributed by atoms with E-state index in [1.807, 2.05) is 37.4 Å². The molecule has 1 aromatic carbocycles. The lowest BCUT2D eigenvalue weighted by Gasteiger charge is -1.94. The number of hydrogen-bond acceptors (Lipinski definition) is 3. The topological polar surface area (TPSA) is 54.7 Å². The lowest BCUT2D eigenvalue weighted by molar-refractivity contribution is 0.423. The van der Waals surface area contributed by atoms with Crippen LogP contribution in [0.5, 0.6) is 0 Å². The summed E-state index contributed by atoms with van der Waals surface area (Å²) in [7, 11) is 0. The summed E-state index contributed by atoms with van der Waals surface area (Å²) >= 11 is 0. The molecule has 16 heavy (non-hydrogen) atoms. The van der Waals surface area contributed by atoms with E-state index in [1.165, 1.54) is 5.39 Å². The van der Waals surface area contributed by atoms with Crippen molar-refractivity contribution in [3.63, 3.8) is 0 Å². The molecular weight excluding hydrogens is 202 g/mol. The fraction of sp³-hybridized carbons (Fsp3) is 0.167. The lowest BCUT2D eigenvalue weighted by Crippen LogP contribution is -1.82. The summed E-state index contributed by atoms with van der Waals surface area (Å²) in [5.74, 6) is 1.31. The monoisotopic (exact) mass is 213 g/mol. The van der Waals surface area contributed by atoms with E-state index in [0.29, 0.717) is 5.89 Å². The van der Waals surface area contributed by atoms with Gasteiger partial charge >= 0.3 is 0 Å². The van der Waals surface area contributed by atoms with Crippen molar-refractivity contribution < 1.29 is 4.52 Å². The summed E-state index contributed by atoms with van der Waals surface area (Å²) in [6.07, 6.45) is 2.70. The average molecular weight is 213 g/mol. The molecule has 0 atom stereocenters. The van der Waals surface area contributed by atoms with Gasteiger partial charge in [0.2, 0.25) is 0 Å². The first-order valence-corrected chi connectivity index (χ1v) is 5.27. The molecule has 0 aliphatic rings. The van der Waals surface area contributed by atoms with Crippen LogP contribution in [0.3, 0.4) is 0 Å². The van der Waals surface area contributed by atoms with Gasteiger partial charge in [0, 0.05) is 23.7 Å². The van der Waals surface area contributed by atoms with Crippen LogP contribution in [0.2, 0.25) is 0 Å². The highest BCUT2D eigenvalue weighted by Gasteiger charge is 2.08. The fourth-order valence-electron chi connectivity index (χ4n) is 1.70. The van der Waals surface area contributed by atoms with E-state index in [0.717, 1.165) is 23.3 Å². The third-order valence-corrected chi connectivity index (χ3v) is 2.59. The number of aryl methyl sites for hydroxylation is 1. The maximum absolute atomic E-state index is 5.19. The average Bonchev–Trinajstić information content (AvgIpc) is 2.96. The van der Waals surface area contributed by atoms with Crippen LogP contribution in [0.1, 0.15) is 12.7 Å². The molecule has 0 fully saturated rings. The molecule has 0 bridgehead atoms. The summed E-state index contributed by atoms with van der Waals surface area (Å²) in [5, 5.41) is 5.06. The van der Waals surface area contributed by atoms with Gasteiger partial charge in [0.15, 0.2) is 5.82 Å². The number of aromatic amines is 1. The number of rotatable bonds is 2. The minimum absolute atomic E-state index is 0.577. The quantitative estimate of drug-likeness (QED) is 0.712.